The van der Waals surface area contributed by atoms with E-state index < -0.39 is 5.92 Å². The highest BCUT2D eigenvalue weighted by Crippen LogP contribution is 2.39. The molecule has 0 aliphatic carbocycles. The standard InChI is InChI=1S/C20H16ClN3O/c1-11-4-5-14(8-17(11)21)18-6-7-19(25-18)20-15(9-22)12(2)24-13(3)16(20)10-23/h4-8,20,24H,1-3H3. The van der Waals surface area contributed by atoms with Crippen LogP contribution in [0.1, 0.15) is 31.1 Å². The van der Waals surface area contributed by atoms with Gasteiger partial charge in [-0.15, -0.1) is 0 Å². The van der Waals surface area contributed by atoms with Crippen LogP contribution in [0.5, 0.6) is 0 Å². The van der Waals surface area contributed by atoms with E-state index in [0.29, 0.717) is 27.7 Å². The minimum Gasteiger partial charge on any atom is -0.460 e. The number of benzene rings is 1. The Morgan fingerprint density at radius 2 is 1.64 bits per heavy atom. The van der Waals surface area contributed by atoms with E-state index in [1.807, 2.05) is 51.1 Å². The highest BCUT2D eigenvalue weighted by molar-refractivity contribution is 6.31. The summed E-state index contributed by atoms with van der Waals surface area (Å²) in [6.07, 6.45) is 0. The Balaban J connectivity index is 2.08. The molecule has 4 nitrogen and oxygen atoms in total. The van der Waals surface area contributed by atoms with Crippen LogP contribution in [0.4, 0.5) is 0 Å². The van der Waals surface area contributed by atoms with E-state index in [2.05, 4.69) is 17.5 Å². The van der Waals surface area contributed by atoms with E-state index in [9.17, 15) is 10.5 Å². The lowest BCUT2D eigenvalue weighted by molar-refractivity contribution is 0.511. The molecule has 1 aromatic carbocycles. The van der Waals surface area contributed by atoms with E-state index in [-0.39, 0.29) is 0 Å². The summed E-state index contributed by atoms with van der Waals surface area (Å²) in [7, 11) is 0. The van der Waals surface area contributed by atoms with Crippen LogP contribution >= 0.6 is 11.6 Å². The molecule has 2 heterocycles. The van der Waals surface area contributed by atoms with Crippen molar-refractivity contribution in [2.45, 2.75) is 26.7 Å². The second-order valence-corrected chi connectivity index (χ2v) is 6.43. The topological polar surface area (TPSA) is 72.8 Å². The van der Waals surface area contributed by atoms with Gasteiger partial charge in [0, 0.05) is 22.0 Å². The van der Waals surface area contributed by atoms with Crippen molar-refractivity contribution in [2.75, 3.05) is 0 Å². The van der Waals surface area contributed by atoms with E-state index in [1.54, 1.807) is 0 Å². The fraction of sp³-hybridized carbons (Fsp3) is 0.200. The number of dihydropyridines is 1. The van der Waals surface area contributed by atoms with Crippen LogP contribution in [-0.4, -0.2) is 0 Å². The monoisotopic (exact) mass is 349 g/mol. The second-order valence-electron chi connectivity index (χ2n) is 6.02. The van der Waals surface area contributed by atoms with Crippen molar-refractivity contribution in [3.8, 4) is 23.5 Å². The summed E-state index contributed by atoms with van der Waals surface area (Å²) in [5.74, 6) is 0.728. The van der Waals surface area contributed by atoms with E-state index in [4.69, 9.17) is 16.0 Å². The SMILES string of the molecule is CC1=C(C#N)C(c2ccc(-c3ccc(C)c(Cl)c3)o2)C(C#N)=C(C)N1. The summed E-state index contributed by atoms with van der Waals surface area (Å²) in [6, 6.07) is 13.8. The van der Waals surface area contributed by atoms with Gasteiger partial charge in [0.05, 0.1) is 29.2 Å². The summed E-state index contributed by atoms with van der Waals surface area (Å²) < 4.78 is 6.01. The Morgan fingerprint density at radius 3 is 2.20 bits per heavy atom. The first-order chi connectivity index (χ1) is 12.0. The highest BCUT2D eigenvalue weighted by Gasteiger charge is 2.31. The van der Waals surface area contributed by atoms with Gasteiger partial charge in [0.1, 0.15) is 11.5 Å². The third kappa shape index (κ3) is 2.93. The van der Waals surface area contributed by atoms with Gasteiger partial charge in [0.25, 0.3) is 0 Å². The zero-order valence-corrected chi connectivity index (χ0v) is 14.9. The van der Waals surface area contributed by atoms with Gasteiger partial charge in [-0.3, -0.25) is 0 Å². The highest BCUT2D eigenvalue weighted by atomic mass is 35.5. The Bertz CT molecular complexity index is 963. The third-order valence-corrected chi connectivity index (χ3v) is 4.78. The zero-order valence-electron chi connectivity index (χ0n) is 14.1. The predicted molar refractivity (Wildman–Crippen MR) is 96.4 cm³/mol. The molecule has 0 bridgehead atoms. The van der Waals surface area contributed by atoms with Gasteiger partial charge >= 0.3 is 0 Å². The minimum absolute atomic E-state index is 0.491. The Hall–Kier alpha value is -2.95. The zero-order chi connectivity index (χ0) is 18.1. The molecule has 2 aromatic rings. The first kappa shape index (κ1) is 16.9. The number of rotatable bonds is 2. The van der Waals surface area contributed by atoms with Gasteiger partial charge in [-0.2, -0.15) is 10.5 Å². The number of nitrogens with one attached hydrogen (secondary N) is 1. The molecule has 0 atom stereocenters. The number of hydrogen-bond donors (Lipinski definition) is 1. The predicted octanol–water partition coefficient (Wildman–Crippen LogP) is 5.19. The van der Waals surface area contributed by atoms with Crippen molar-refractivity contribution in [3.05, 3.63) is 69.2 Å². The molecule has 0 unspecified atom stereocenters. The van der Waals surface area contributed by atoms with Gasteiger partial charge < -0.3 is 9.73 Å². The van der Waals surface area contributed by atoms with Crippen LogP contribution in [-0.2, 0) is 0 Å². The fourth-order valence-corrected chi connectivity index (χ4v) is 3.16. The van der Waals surface area contributed by atoms with Crippen LogP contribution in [0.3, 0.4) is 0 Å². The van der Waals surface area contributed by atoms with Gasteiger partial charge in [-0.25, -0.2) is 0 Å². The molecule has 1 aliphatic rings. The molecule has 25 heavy (non-hydrogen) atoms. The summed E-state index contributed by atoms with van der Waals surface area (Å²) in [6.45, 7) is 5.59. The normalized spacial score (nSPS) is 15.0. The van der Waals surface area contributed by atoms with Crippen molar-refractivity contribution < 1.29 is 4.42 Å². The molecule has 0 saturated carbocycles. The van der Waals surface area contributed by atoms with E-state index in [1.165, 1.54) is 0 Å². The fourth-order valence-electron chi connectivity index (χ4n) is 2.98. The van der Waals surface area contributed by atoms with Gasteiger partial charge in [0.2, 0.25) is 0 Å². The molecule has 0 spiro atoms. The molecule has 0 radical (unpaired) electrons. The molecule has 0 saturated heterocycles. The van der Waals surface area contributed by atoms with Crippen LogP contribution in [0.25, 0.3) is 11.3 Å². The van der Waals surface area contributed by atoms with Crippen LogP contribution < -0.4 is 5.32 Å². The number of halogens is 1. The number of nitrogens with zero attached hydrogens (tertiary/aromatic N) is 2. The lowest BCUT2D eigenvalue weighted by Gasteiger charge is -2.24. The number of aryl methyl sites for hydroxylation is 1. The summed E-state index contributed by atoms with van der Waals surface area (Å²) in [5, 5.41) is 22.8. The average Bonchev–Trinajstić information content (AvgIpc) is 3.06. The lowest BCUT2D eigenvalue weighted by Crippen LogP contribution is -2.23. The average molecular weight is 350 g/mol. The van der Waals surface area contributed by atoms with Crippen molar-refractivity contribution in [3.63, 3.8) is 0 Å². The Kier molecular flexibility index (Phi) is 4.40. The maximum absolute atomic E-state index is 9.54. The smallest absolute Gasteiger partial charge is 0.134 e. The quantitative estimate of drug-likeness (QED) is 0.809. The van der Waals surface area contributed by atoms with Gasteiger partial charge in [-0.1, -0.05) is 23.7 Å². The Labute approximate surface area is 151 Å². The van der Waals surface area contributed by atoms with Gasteiger partial charge in [0.15, 0.2) is 0 Å². The Morgan fingerprint density at radius 1 is 1.00 bits per heavy atom. The third-order valence-electron chi connectivity index (χ3n) is 4.37. The number of furan rings is 1. The van der Waals surface area contributed by atoms with Crippen molar-refractivity contribution >= 4 is 11.6 Å². The van der Waals surface area contributed by atoms with Crippen molar-refractivity contribution in [2.24, 2.45) is 0 Å². The van der Waals surface area contributed by atoms with Crippen LogP contribution in [0, 0.1) is 29.6 Å². The molecular formula is C20H16ClN3O. The molecule has 3 rings (SSSR count). The van der Waals surface area contributed by atoms with E-state index >= 15 is 0 Å². The van der Waals surface area contributed by atoms with E-state index in [0.717, 1.165) is 22.5 Å². The van der Waals surface area contributed by atoms with Crippen molar-refractivity contribution in [1.82, 2.24) is 5.32 Å². The van der Waals surface area contributed by atoms with Crippen molar-refractivity contribution in [1.29, 1.82) is 10.5 Å². The number of nitriles is 2. The largest absolute Gasteiger partial charge is 0.460 e. The first-order valence-electron chi connectivity index (χ1n) is 7.81. The molecule has 0 fully saturated rings. The summed E-state index contributed by atoms with van der Waals surface area (Å²) in [4.78, 5) is 0. The number of hydrogen-bond acceptors (Lipinski definition) is 4. The summed E-state index contributed by atoms with van der Waals surface area (Å²) >= 11 is 6.20. The molecule has 1 N–H and O–H groups in total. The molecular weight excluding hydrogens is 334 g/mol. The van der Waals surface area contributed by atoms with Crippen LogP contribution in [0.2, 0.25) is 5.02 Å². The first-order valence-corrected chi connectivity index (χ1v) is 8.19. The lowest BCUT2D eigenvalue weighted by atomic mass is 9.85. The molecule has 1 aliphatic heterocycles. The molecule has 124 valence electrons. The van der Waals surface area contributed by atoms with Crippen LogP contribution in [0.15, 0.2) is 57.3 Å². The second kappa shape index (κ2) is 6.51. The van der Waals surface area contributed by atoms with Gasteiger partial charge in [-0.05, 0) is 44.5 Å². The molecule has 1 aromatic heterocycles. The maximum atomic E-state index is 9.54. The maximum Gasteiger partial charge on any atom is 0.134 e. The molecule has 0 amide bonds. The number of allylic oxidation sites excluding steroid dienone is 4. The summed E-state index contributed by atoms with van der Waals surface area (Å²) in [5.41, 5.74) is 4.30. The molecule has 5 heteroatoms. The minimum atomic E-state index is -0.495.